The zero-order valence-electron chi connectivity index (χ0n) is 14.4. The van der Waals surface area contributed by atoms with Crippen molar-refractivity contribution in [2.75, 3.05) is 13.2 Å². The highest BCUT2D eigenvalue weighted by Crippen LogP contribution is 2.12. The van der Waals surface area contributed by atoms with Crippen LogP contribution in [0.5, 0.6) is 5.75 Å². The van der Waals surface area contributed by atoms with Crippen molar-refractivity contribution < 1.29 is 29.0 Å². The van der Waals surface area contributed by atoms with Crippen molar-refractivity contribution in [3.8, 4) is 5.75 Å². The maximum absolute atomic E-state index is 12.1. The van der Waals surface area contributed by atoms with Gasteiger partial charge in [0.15, 0.2) is 5.71 Å². The van der Waals surface area contributed by atoms with Crippen LogP contribution in [0.1, 0.15) is 37.6 Å². The van der Waals surface area contributed by atoms with Crippen molar-refractivity contribution in [3.63, 3.8) is 0 Å². The number of hydrazone groups is 1. The molecule has 0 saturated heterocycles. The number of hydrogen-bond acceptors (Lipinski definition) is 7. The first kappa shape index (κ1) is 20.1. The molecule has 136 valence electrons. The Morgan fingerprint density at radius 1 is 1.08 bits per heavy atom. The van der Waals surface area contributed by atoms with Crippen LogP contribution in [0, 0.1) is 5.92 Å². The number of hydrogen-bond donors (Lipinski definition) is 2. The number of ether oxygens (including phenoxy) is 2. The summed E-state index contributed by atoms with van der Waals surface area (Å²) in [5.41, 5.74) is 2.23. The summed E-state index contributed by atoms with van der Waals surface area (Å²) in [5.74, 6) is -2.94. The van der Waals surface area contributed by atoms with Gasteiger partial charge in [0.2, 0.25) is 0 Å². The Morgan fingerprint density at radius 2 is 1.68 bits per heavy atom. The van der Waals surface area contributed by atoms with Gasteiger partial charge in [0.1, 0.15) is 11.7 Å². The van der Waals surface area contributed by atoms with E-state index in [2.05, 4.69) is 10.5 Å². The highest BCUT2D eigenvalue weighted by molar-refractivity contribution is 6.40. The molecule has 0 aliphatic rings. The van der Waals surface area contributed by atoms with Gasteiger partial charge in [0.05, 0.1) is 13.2 Å². The maximum Gasteiger partial charge on any atom is 0.355 e. The lowest BCUT2D eigenvalue weighted by Crippen LogP contribution is -2.35. The molecule has 0 radical (unpaired) electrons. The molecule has 0 aromatic heterocycles. The van der Waals surface area contributed by atoms with E-state index >= 15 is 0 Å². The van der Waals surface area contributed by atoms with E-state index in [4.69, 9.17) is 9.47 Å². The lowest BCUT2D eigenvalue weighted by molar-refractivity contribution is -0.147. The molecule has 1 aromatic carbocycles. The lowest BCUT2D eigenvalue weighted by atomic mass is 10.0. The first-order valence-electron chi connectivity index (χ1n) is 7.95. The Hall–Kier alpha value is -2.90. The summed E-state index contributed by atoms with van der Waals surface area (Å²) in [7, 11) is 0. The van der Waals surface area contributed by atoms with Gasteiger partial charge >= 0.3 is 11.9 Å². The van der Waals surface area contributed by atoms with E-state index in [-0.39, 0.29) is 36.7 Å². The highest BCUT2D eigenvalue weighted by atomic mass is 16.5. The number of esters is 2. The Bertz CT molecular complexity index is 639. The average Bonchev–Trinajstić information content (AvgIpc) is 2.59. The van der Waals surface area contributed by atoms with Crippen molar-refractivity contribution in [1.82, 2.24) is 5.43 Å². The Balaban J connectivity index is 3.03. The number of rotatable bonds is 8. The molecule has 2 N–H and O–H groups in total. The molecule has 1 unspecified atom stereocenters. The van der Waals surface area contributed by atoms with E-state index in [1.54, 1.807) is 20.8 Å². The van der Waals surface area contributed by atoms with Crippen LogP contribution >= 0.6 is 0 Å². The second kappa shape index (κ2) is 10.1. The Labute approximate surface area is 145 Å². The van der Waals surface area contributed by atoms with E-state index in [0.717, 1.165) is 0 Å². The first-order valence-corrected chi connectivity index (χ1v) is 7.95. The van der Waals surface area contributed by atoms with Gasteiger partial charge in [-0.1, -0.05) is 6.92 Å². The molecular formula is C17H22N2O6. The minimum atomic E-state index is -0.945. The number of nitrogens with zero attached hydrogens (tertiary/aromatic N) is 1. The van der Waals surface area contributed by atoms with Crippen molar-refractivity contribution in [2.24, 2.45) is 11.0 Å². The van der Waals surface area contributed by atoms with Crippen LogP contribution in [-0.2, 0) is 19.1 Å². The first-order chi connectivity index (χ1) is 11.9. The average molecular weight is 350 g/mol. The van der Waals surface area contributed by atoms with Crippen LogP contribution in [0.3, 0.4) is 0 Å². The number of nitrogens with one attached hydrogen (secondary N) is 1. The summed E-state index contributed by atoms with van der Waals surface area (Å²) in [6.45, 7) is 5.22. The third-order valence-electron chi connectivity index (χ3n) is 3.20. The molecular weight excluding hydrogens is 328 g/mol. The summed E-state index contributed by atoms with van der Waals surface area (Å²) in [6, 6.07) is 5.48. The van der Waals surface area contributed by atoms with Crippen LogP contribution in [-0.4, -0.2) is 41.9 Å². The van der Waals surface area contributed by atoms with Crippen molar-refractivity contribution in [2.45, 2.75) is 27.2 Å². The molecule has 8 nitrogen and oxygen atoms in total. The molecule has 1 aromatic rings. The minimum absolute atomic E-state index is 0.0145. The molecule has 25 heavy (non-hydrogen) atoms. The van der Waals surface area contributed by atoms with Gasteiger partial charge in [-0.15, -0.1) is 0 Å². The second-order valence-corrected chi connectivity index (χ2v) is 4.92. The standard InChI is InChI=1S/C17H22N2O6/c1-4-13(16(22)24-5-2)14(17(23)25-6-3)18-19-15(21)11-7-9-12(20)10-8-11/h7-10,13,20H,4-6H2,1-3H3,(H,19,21). The molecule has 1 rings (SSSR count). The molecule has 8 heteroatoms. The summed E-state index contributed by atoms with van der Waals surface area (Å²) < 4.78 is 9.85. The molecule has 0 aliphatic heterocycles. The van der Waals surface area contributed by atoms with Crippen LogP contribution in [0.15, 0.2) is 29.4 Å². The molecule has 1 atom stereocenters. The number of carbonyl (C=O) groups is 3. The monoisotopic (exact) mass is 350 g/mol. The molecule has 0 aliphatic carbocycles. The fraction of sp³-hybridized carbons (Fsp3) is 0.412. The second-order valence-electron chi connectivity index (χ2n) is 4.92. The Kier molecular flexibility index (Phi) is 8.11. The third kappa shape index (κ3) is 5.91. The van der Waals surface area contributed by atoms with Crippen molar-refractivity contribution in [1.29, 1.82) is 0 Å². The number of benzene rings is 1. The van der Waals surface area contributed by atoms with E-state index in [1.165, 1.54) is 24.3 Å². The van der Waals surface area contributed by atoms with Gasteiger partial charge in [-0.05, 0) is 44.5 Å². The van der Waals surface area contributed by atoms with Gasteiger partial charge < -0.3 is 14.6 Å². The topological polar surface area (TPSA) is 114 Å². The minimum Gasteiger partial charge on any atom is -0.508 e. The van der Waals surface area contributed by atoms with Gasteiger partial charge in [-0.2, -0.15) is 5.10 Å². The maximum atomic E-state index is 12.1. The van der Waals surface area contributed by atoms with Gasteiger partial charge in [0, 0.05) is 5.56 Å². The molecule has 0 fully saturated rings. The zero-order chi connectivity index (χ0) is 18.8. The van der Waals surface area contributed by atoms with Gasteiger partial charge in [0.25, 0.3) is 5.91 Å². The summed E-state index contributed by atoms with van der Waals surface area (Å²) in [4.78, 5) is 36.2. The fourth-order valence-corrected chi connectivity index (χ4v) is 1.97. The van der Waals surface area contributed by atoms with Gasteiger partial charge in [-0.3, -0.25) is 9.59 Å². The third-order valence-corrected chi connectivity index (χ3v) is 3.20. The van der Waals surface area contributed by atoms with Crippen molar-refractivity contribution >= 4 is 23.6 Å². The number of amides is 1. The van der Waals surface area contributed by atoms with E-state index in [0.29, 0.717) is 0 Å². The normalized spacial score (nSPS) is 12.2. The quantitative estimate of drug-likeness (QED) is 0.418. The largest absolute Gasteiger partial charge is 0.508 e. The molecule has 0 bridgehead atoms. The van der Waals surface area contributed by atoms with Crippen LogP contribution in [0.25, 0.3) is 0 Å². The zero-order valence-corrected chi connectivity index (χ0v) is 14.4. The fourth-order valence-electron chi connectivity index (χ4n) is 1.97. The van der Waals surface area contributed by atoms with Gasteiger partial charge in [-0.25, -0.2) is 10.2 Å². The smallest absolute Gasteiger partial charge is 0.355 e. The van der Waals surface area contributed by atoms with Crippen LogP contribution in [0.2, 0.25) is 0 Å². The summed E-state index contributed by atoms with van der Waals surface area (Å²) in [6.07, 6.45) is 0.256. The summed E-state index contributed by atoms with van der Waals surface area (Å²) >= 11 is 0. The molecule has 0 spiro atoms. The molecule has 0 saturated carbocycles. The number of carbonyl (C=O) groups excluding carboxylic acids is 3. The lowest BCUT2D eigenvalue weighted by Gasteiger charge is -2.15. The molecule has 0 heterocycles. The number of aromatic hydroxyl groups is 1. The highest BCUT2D eigenvalue weighted by Gasteiger charge is 2.31. The Morgan fingerprint density at radius 3 is 2.20 bits per heavy atom. The van der Waals surface area contributed by atoms with E-state index < -0.39 is 23.8 Å². The summed E-state index contributed by atoms with van der Waals surface area (Å²) in [5, 5.41) is 13.0. The number of phenols is 1. The van der Waals surface area contributed by atoms with E-state index in [9.17, 15) is 19.5 Å². The predicted molar refractivity (Wildman–Crippen MR) is 90.1 cm³/mol. The molecule has 1 amide bonds. The predicted octanol–water partition coefficient (Wildman–Crippen LogP) is 1.63. The number of phenolic OH excluding ortho intramolecular Hbond substituents is 1. The van der Waals surface area contributed by atoms with Crippen LogP contribution < -0.4 is 5.43 Å². The van der Waals surface area contributed by atoms with E-state index in [1.807, 2.05) is 0 Å². The SMILES string of the molecule is CCOC(=O)C(=NNC(=O)c1ccc(O)cc1)C(CC)C(=O)OCC. The van der Waals surface area contributed by atoms with Crippen LogP contribution in [0.4, 0.5) is 0 Å². The van der Waals surface area contributed by atoms with Crippen molar-refractivity contribution in [3.05, 3.63) is 29.8 Å².